The van der Waals surface area contributed by atoms with Crippen molar-refractivity contribution in [3.8, 4) is 0 Å². The molecule has 0 bridgehead atoms. The number of hydrogen-bond acceptors (Lipinski definition) is 3. The average molecular weight is 387 g/mol. The lowest BCUT2D eigenvalue weighted by Crippen LogP contribution is -2.48. The molecule has 2 aromatic rings. The summed E-state index contributed by atoms with van der Waals surface area (Å²) in [7, 11) is 1.78. The van der Waals surface area contributed by atoms with E-state index in [1.165, 1.54) is 0 Å². The topological polar surface area (TPSA) is 72.6 Å². The fraction of sp³-hybridized carbons (Fsp3) is 0.333. The van der Waals surface area contributed by atoms with Gasteiger partial charge in [0.2, 0.25) is 11.8 Å². The molecule has 2 aromatic carbocycles. The highest BCUT2D eigenvalue weighted by molar-refractivity contribution is 6.30. The summed E-state index contributed by atoms with van der Waals surface area (Å²) in [6.07, 6.45) is 1.25. The Morgan fingerprint density at radius 1 is 1.15 bits per heavy atom. The third kappa shape index (κ3) is 4.15. The van der Waals surface area contributed by atoms with E-state index in [2.05, 4.69) is 0 Å². The van der Waals surface area contributed by atoms with E-state index in [9.17, 15) is 9.59 Å². The molecule has 27 heavy (non-hydrogen) atoms. The molecule has 0 aliphatic carbocycles. The number of ether oxygens (including phenoxy) is 1. The molecule has 2 amide bonds. The molecular weight excluding hydrogens is 364 g/mol. The van der Waals surface area contributed by atoms with E-state index < -0.39 is 11.3 Å². The van der Waals surface area contributed by atoms with Gasteiger partial charge in [0.05, 0.1) is 5.41 Å². The molecule has 142 valence electrons. The van der Waals surface area contributed by atoms with Crippen LogP contribution in [0.2, 0.25) is 5.02 Å². The van der Waals surface area contributed by atoms with Crippen LogP contribution < -0.4 is 5.73 Å². The van der Waals surface area contributed by atoms with Crippen LogP contribution in [0.15, 0.2) is 48.5 Å². The van der Waals surface area contributed by atoms with Gasteiger partial charge >= 0.3 is 0 Å². The summed E-state index contributed by atoms with van der Waals surface area (Å²) >= 11 is 6.03. The molecular formula is C21H23ClN2O3. The van der Waals surface area contributed by atoms with Crippen molar-refractivity contribution in [1.82, 2.24) is 4.90 Å². The van der Waals surface area contributed by atoms with Crippen molar-refractivity contribution < 1.29 is 14.3 Å². The van der Waals surface area contributed by atoms with Gasteiger partial charge in [-0.05, 0) is 48.2 Å². The van der Waals surface area contributed by atoms with Gasteiger partial charge in [0.15, 0.2) is 0 Å². The van der Waals surface area contributed by atoms with Gasteiger partial charge < -0.3 is 15.4 Å². The molecule has 1 saturated heterocycles. The third-order valence-corrected chi connectivity index (χ3v) is 5.38. The number of hydrogen-bond donors (Lipinski definition) is 1. The highest BCUT2D eigenvalue weighted by Gasteiger charge is 2.43. The number of amides is 2. The Morgan fingerprint density at radius 2 is 1.81 bits per heavy atom. The number of nitrogens with two attached hydrogens (primary N) is 1. The quantitative estimate of drug-likeness (QED) is 0.857. The van der Waals surface area contributed by atoms with Crippen molar-refractivity contribution in [2.45, 2.75) is 24.8 Å². The smallest absolute Gasteiger partial charge is 0.248 e. The van der Waals surface area contributed by atoms with Gasteiger partial charge in [0, 0.05) is 37.4 Å². The van der Waals surface area contributed by atoms with Gasteiger partial charge in [0.25, 0.3) is 0 Å². The second kappa shape index (κ2) is 8.11. The number of nitrogens with zero attached hydrogens (tertiary/aromatic N) is 1. The molecule has 0 spiro atoms. The number of carbonyl (C=O) groups excluding carboxylic acids is 2. The van der Waals surface area contributed by atoms with Crippen LogP contribution in [0.5, 0.6) is 0 Å². The van der Waals surface area contributed by atoms with Gasteiger partial charge in [-0.1, -0.05) is 35.9 Å². The number of rotatable bonds is 5. The Balaban J connectivity index is 1.86. The van der Waals surface area contributed by atoms with Crippen LogP contribution >= 0.6 is 11.6 Å². The predicted octanol–water partition coefficient (Wildman–Crippen LogP) is 3.15. The van der Waals surface area contributed by atoms with Gasteiger partial charge in [-0.2, -0.15) is 0 Å². The van der Waals surface area contributed by atoms with E-state index in [1.807, 2.05) is 30.3 Å². The zero-order valence-electron chi connectivity index (χ0n) is 15.3. The van der Waals surface area contributed by atoms with Gasteiger partial charge in [0.1, 0.15) is 0 Å². The normalized spacial score (nSPS) is 15.9. The molecule has 0 atom stereocenters. The maximum Gasteiger partial charge on any atom is 0.248 e. The lowest BCUT2D eigenvalue weighted by Gasteiger charge is -2.39. The van der Waals surface area contributed by atoms with Crippen LogP contribution in [-0.2, 0) is 21.5 Å². The number of benzene rings is 2. The number of halogens is 1. The molecule has 1 heterocycles. The second-order valence-electron chi connectivity index (χ2n) is 6.93. The summed E-state index contributed by atoms with van der Waals surface area (Å²) in [5, 5.41) is 0.644. The molecule has 1 aliphatic rings. The van der Waals surface area contributed by atoms with Crippen molar-refractivity contribution >= 4 is 23.4 Å². The van der Waals surface area contributed by atoms with E-state index >= 15 is 0 Å². The number of likely N-dealkylation sites (N-methyl/N-ethyl adjacent to an activating group) is 1. The minimum atomic E-state index is -0.626. The molecule has 1 aliphatic heterocycles. The van der Waals surface area contributed by atoms with Crippen molar-refractivity contribution in [3.05, 3.63) is 70.2 Å². The lowest BCUT2D eigenvalue weighted by atomic mass is 9.73. The Kier molecular flexibility index (Phi) is 5.82. The van der Waals surface area contributed by atoms with Crippen molar-refractivity contribution in [2.75, 3.05) is 20.3 Å². The molecule has 1 fully saturated rings. The first-order chi connectivity index (χ1) is 12.9. The molecule has 3 rings (SSSR count). The van der Waals surface area contributed by atoms with Crippen LogP contribution in [0, 0.1) is 0 Å². The van der Waals surface area contributed by atoms with E-state index in [0.717, 1.165) is 11.1 Å². The van der Waals surface area contributed by atoms with E-state index in [4.69, 9.17) is 22.1 Å². The summed E-state index contributed by atoms with van der Waals surface area (Å²) in [5.41, 5.74) is 6.98. The molecule has 2 N–H and O–H groups in total. The first-order valence-corrected chi connectivity index (χ1v) is 9.28. The molecule has 0 aromatic heterocycles. The molecule has 6 heteroatoms. The SMILES string of the molecule is CN(Cc1cccc(C(N)=O)c1)C(=O)C1(c2ccc(Cl)cc2)CCOCC1. The van der Waals surface area contributed by atoms with Gasteiger partial charge in [-0.3, -0.25) is 9.59 Å². The zero-order chi connectivity index (χ0) is 19.4. The summed E-state index contributed by atoms with van der Waals surface area (Å²) < 4.78 is 5.51. The van der Waals surface area contributed by atoms with Crippen LogP contribution in [0.1, 0.15) is 34.3 Å². The minimum absolute atomic E-state index is 0.0394. The fourth-order valence-corrected chi connectivity index (χ4v) is 3.77. The largest absolute Gasteiger partial charge is 0.381 e. The maximum absolute atomic E-state index is 13.5. The van der Waals surface area contributed by atoms with E-state index in [0.29, 0.717) is 43.2 Å². The highest BCUT2D eigenvalue weighted by atomic mass is 35.5. The van der Waals surface area contributed by atoms with Crippen LogP contribution in [-0.4, -0.2) is 37.0 Å². The minimum Gasteiger partial charge on any atom is -0.381 e. The van der Waals surface area contributed by atoms with E-state index in [1.54, 1.807) is 30.1 Å². The molecule has 0 unspecified atom stereocenters. The Hall–Kier alpha value is -2.37. The first kappa shape index (κ1) is 19.4. The van der Waals surface area contributed by atoms with Gasteiger partial charge in [-0.15, -0.1) is 0 Å². The fourth-order valence-electron chi connectivity index (χ4n) is 3.65. The second-order valence-corrected chi connectivity index (χ2v) is 7.36. The maximum atomic E-state index is 13.5. The van der Waals surface area contributed by atoms with Crippen LogP contribution in [0.25, 0.3) is 0 Å². The highest BCUT2D eigenvalue weighted by Crippen LogP contribution is 2.37. The third-order valence-electron chi connectivity index (χ3n) is 5.13. The summed E-state index contributed by atoms with van der Waals surface area (Å²) in [6, 6.07) is 14.5. The molecule has 5 nitrogen and oxygen atoms in total. The standard InChI is InChI=1S/C21H23ClN2O3/c1-24(14-15-3-2-4-16(13-15)19(23)25)20(26)21(9-11-27-12-10-21)17-5-7-18(22)8-6-17/h2-8,13H,9-12,14H2,1H3,(H2,23,25). The zero-order valence-corrected chi connectivity index (χ0v) is 16.0. The summed E-state index contributed by atoms with van der Waals surface area (Å²) in [6.45, 7) is 1.48. The number of carbonyl (C=O) groups is 2. The van der Waals surface area contributed by atoms with Crippen molar-refractivity contribution in [3.63, 3.8) is 0 Å². The predicted molar refractivity (Wildman–Crippen MR) is 105 cm³/mol. The monoisotopic (exact) mass is 386 g/mol. The lowest BCUT2D eigenvalue weighted by molar-refractivity contribution is -0.140. The van der Waals surface area contributed by atoms with Crippen molar-refractivity contribution in [2.24, 2.45) is 5.73 Å². The Bertz CT molecular complexity index is 830. The van der Waals surface area contributed by atoms with Crippen molar-refractivity contribution in [1.29, 1.82) is 0 Å². The van der Waals surface area contributed by atoms with Gasteiger partial charge in [-0.25, -0.2) is 0 Å². The molecule has 0 saturated carbocycles. The van der Waals surface area contributed by atoms with Crippen LogP contribution in [0.3, 0.4) is 0 Å². The number of primary amides is 1. The Labute approximate surface area is 164 Å². The van der Waals surface area contributed by atoms with Crippen LogP contribution in [0.4, 0.5) is 0 Å². The summed E-state index contributed by atoms with van der Waals surface area (Å²) in [4.78, 5) is 26.6. The molecule has 0 radical (unpaired) electrons. The first-order valence-electron chi connectivity index (χ1n) is 8.90. The summed E-state index contributed by atoms with van der Waals surface area (Å²) in [5.74, 6) is -0.439. The Morgan fingerprint density at radius 3 is 2.44 bits per heavy atom. The van der Waals surface area contributed by atoms with E-state index in [-0.39, 0.29) is 5.91 Å². The average Bonchev–Trinajstić information content (AvgIpc) is 2.68.